The van der Waals surface area contributed by atoms with Crippen LogP contribution in [0.1, 0.15) is 0 Å². The number of nitrogens with zero attached hydrogens (tertiary/aromatic N) is 1. The van der Waals surface area contributed by atoms with E-state index in [1.165, 1.54) is 0 Å². The smallest absolute Gasteiger partial charge is 0.262 e. The molecule has 1 aliphatic heterocycles. The highest BCUT2D eigenvalue weighted by Gasteiger charge is 2.30. The molecular formula is C19H21N3O3S. The molecule has 26 heavy (non-hydrogen) atoms. The lowest BCUT2D eigenvalue weighted by Gasteiger charge is -2.34. The van der Waals surface area contributed by atoms with Gasteiger partial charge < -0.3 is 20.3 Å². The fourth-order valence-corrected chi connectivity index (χ4v) is 3.21. The van der Waals surface area contributed by atoms with E-state index in [-0.39, 0.29) is 18.4 Å². The number of hydrogen-bond acceptors (Lipinski definition) is 5. The van der Waals surface area contributed by atoms with E-state index in [9.17, 15) is 9.59 Å². The van der Waals surface area contributed by atoms with Crippen LogP contribution in [0.4, 0.5) is 11.4 Å². The van der Waals surface area contributed by atoms with Gasteiger partial charge in [0.25, 0.3) is 5.91 Å². The van der Waals surface area contributed by atoms with Gasteiger partial charge in [-0.25, -0.2) is 0 Å². The van der Waals surface area contributed by atoms with Crippen molar-refractivity contribution in [1.82, 2.24) is 5.32 Å². The molecule has 2 amide bonds. The van der Waals surface area contributed by atoms with Crippen LogP contribution in [-0.4, -0.2) is 44.3 Å². The summed E-state index contributed by atoms with van der Waals surface area (Å²) in [5.41, 5.74) is 1.55. The maximum Gasteiger partial charge on any atom is 0.262 e. The first-order valence-corrected chi connectivity index (χ1v) is 9.49. The van der Waals surface area contributed by atoms with Crippen LogP contribution < -0.4 is 20.3 Å². The van der Waals surface area contributed by atoms with E-state index in [0.29, 0.717) is 12.3 Å². The normalized spacial score (nSPS) is 15.6. The van der Waals surface area contributed by atoms with E-state index in [0.717, 1.165) is 16.3 Å². The molecule has 1 atom stereocenters. The number of para-hydroxylation sites is 2. The minimum atomic E-state index is -0.649. The maximum atomic E-state index is 12.5. The molecule has 0 aromatic heterocycles. The van der Waals surface area contributed by atoms with Gasteiger partial charge >= 0.3 is 0 Å². The number of carbonyl (C=O) groups excluding carboxylic acids is 2. The average molecular weight is 371 g/mol. The SMILES string of the molecule is CNC(=O)[C@H]1CN(CC(=O)Nc2ccc(SC)cc2)c2ccccc2O1. The van der Waals surface area contributed by atoms with Gasteiger partial charge in [-0.3, -0.25) is 9.59 Å². The summed E-state index contributed by atoms with van der Waals surface area (Å²) in [4.78, 5) is 27.5. The van der Waals surface area contributed by atoms with E-state index < -0.39 is 6.10 Å². The lowest BCUT2D eigenvalue weighted by molar-refractivity contribution is -0.127. The number of hydrogen-bond donors (Lipinski definition) is 2. The summed E-state index contributed by atoms with van der Waals surface area (Å²) < 4.78 is 5.75. The molecule has 0 saturated heterocycles. The number of ether oxygens (including phenoxy) is 1. The van der Waals surface area contributed by atoms with Crippen molar-refractivity contribution in [2.75, 3.05) is 36.6 Å². The number of nitrogens with one attached hydrogen (secondary N) is 2. The minimum Gasteiger partial charge on any atom is -0.477 e. The van der Waals surface area contributed by atoms with Crippen LogP contribution in [0.5, 0.6) is 5.75 Å². The first-order chi connectivity index (χ1) is 12.6. The van der Waals surface area contributed by atoms with E-state index in [2.05, 4.69) is 10.6 Å². The second-order valence-corrected chi connectivity index (χ2v) is 6.73. The molecule has 0 saturated carbocycles. The summed E-state index contributed by atoms with van der Waals surface area (Å²) in [6.45, 7) is 0.452. The van der Waals surface area contributed by atoms with Gasteiger partial charge in [-0.05, 0) is 42.7 Å². The van der Waals surface area contributed by atoms with E-state index >= 15 is 0 Å². The van der Waals surface area contributed by atoms with Crippen LogP contribution >= 0.6 is 11.8 Å². The molecule has 0 unspecified atom stereocenters. The summed E-state index contributed by atoms with van der Waals surface area (Å²) in [5, 5.41) is 5.50. The number of amides is 2. The van der Waals surface area contributed by atoms with Gasteiger partial charge in [0.05, 0.1) is 18.8 Å². The Kier molecular flexibility index (Phi) is 5.68. The summed E-state index contributed by atoms with van der Waals surface area (Å²) in [6, 6.07) is 15.1. The molecule has 1 aliphatic rings. The monoisotopic (exact) mass is 371 g/mol. The third-order valence-corrected chi connectivity index (χ3v) is 4.85. The minimum absolute atomic E-state index is 0.137. The second kappa shape index (κ2) is 8.14. The predicted molar refractivity (Wildman–Crippen MR) is 104 cm³/mol. The van der Waals surface area contributed by atoms with Crippen LogP contribution in [0.2, 0.25) is 0 Å². The molecule has 3 rings (SSSR count). The quantitative estimate of drug-likeness (QED) is 0.790. The Labute approximate surface area is 156 Å². The molecule has 136 valence electrons. The van der Waals surface area contributed by atoms with Gasteiger partial charge in [-0.15, -0.1) is 11.8 Å². The number of anilines is 2. The van der Waals surface area contributed by atoms with Crippen LogP contribution in [0.3, 0.4) is 0 Å². The Balaban J connectivity index is 1.72. The van der Waals surface area contributed by atoms with Crippen molar-refractivity contribution >= 4 is 35.0 Å². The highest BCUT2D eigenvalue weighted by molar-refractivity contribution is 7.98. The first-order valence-electron chi connectivity index (χ1n) is 8.27. The van der Waals surface area contributed by atoms with Crippen molar-refractivity contribution in [3.63, 3.8) is 0 Å². The van der Waals surface area contributed by atoms with E-state index in [1.54, 1.807) is 24.9 Å². The van der Waals surface area contributed by atoms with Crippen molar-refractivity contribution in [1.29, 1.82) is 0 Å². The average Bonchev–Trinajstić information content (AvgIpc) is 2.67. The van der Waals surface area contributed by atoms with Gasteiger partial charge in [0.2, 0.25) is 5.91 Å². The standard InChI is InChI=1S/C19H21N3O3S/c1-20-19(24)17-11-22(15-5-3-4-6-16(15)25-17)12-18(23)21-13-7-9-14(26-2)10-8-13/h3-10,17H,11-12H2,1-2H3,(H,20,24)(H,21,23)/t17-/m1/s1. The molecular weight excluding hydrogens is 350 g/mol. The Morgan fingerprint density at radius 2 is 1.92 bits per heavy atom. The summed E-state index contributed by atoms with van der Waals surface area (Å²) in [7, 11) is 1.57. The third-order valence-electron chi connectivity index (χ3n) is 4.11. The largest absolute Gasteiger partial charge is 0.477 e. The molecule has 1 heterocycles. The molecule has 2 aromatic carbocycles. The van der Waals surface area contributed by atoms with Crippen LogP contribution in [-0.2, 0) is 9.59 Å². The molecule has 0 radical (unpaired) electrons. The number of likely N-dealkylation sites (N-methyl/N-ethyl adjacent to an activating group) is 1. The van der Waals surface area contributed by atoms with Gasteiger partial charge in [-0.2, -0.15) is 0 Å². The third kappa shape index (κ3) is 4.11. The fraction of sp³-hybridized carbons (Fsp3) is 0.263. The highest BCUT2D eigenvalue weighted by atomic mass is 32.2. The number of thioether (sulfide) groups is 1. The maximum absolute atomic E-state index is 12.5. The zero-order valence-corrected chi connectivity index (χ0v) is 15.5. The van der Waals surface area contributed by atoms with Crippen molar-refractivity contribution in [2.24, 2.45) is 0 Å². The van der Waals surface area contributed by atoms with Crippen LogP contribution in [0.25, 0.3) is 0 Å². The van der Waals surface area contributed by atoms with Crippen molar-refractivity contribution in [3.05, 3.63) is 48.5 Å². The lowest BCUT2D eigenvalue weighted by Crippen LogP contribution is -2.50. The Morgan fingerprint density at radius 1 is 1.19 bits per heavy atom. The zero-order valence-electron chi connectivity index (χ0n) is 14.7. The molecule has 6 nitrogen and oxygen atoms in total. The molecule has 2 N–H and O–H groups in total. The van der Waals surface area contributed by atoms with Gasteiger partial charge in [0.15, 0.2) is 6.10 Å². The van der Waals surface area contributed by atoms with Gasteiger partial charge in [0.1, 0.15) is 5.75 Å². The zero-order chi connectivity index (χ0) is 18.5. The Hall–Kier alpha value is -2.67. The van der Waals surface area contributed by atoms with Crippen LogP contribution in [0, 0.1) is 0 Å². The van der Waals surface area contributed by atoms with Crippen molar-refractivity contribution in [3.8, 4) is 5.75 Å². The molecule has 0 aliphatic carbocycles. The lowest BCUT2D eigenvalue weighted by atomic mass is 10.1. The summed E-state index contributed by atoms with van der Waals surface area (Å²) >= 11 is 1.65. The number of fused-ring (bicyclic) bond motifs is 1. The predicted octanol–water partition coefficient (Wildman–Crippen LogP) is 2.36. The molecule has 0 spiro atoms. The van der Waals surface area contributed by atoms with Gasteiger partial charge in [0, 0.05) is 17.6 Å². The molecule has 2 aromatic rings. The Morgan fingerprint density at radius 3 is 2.62 bits per heavy atom. The first kappa shape index (κ1) is 18.1. The van der Waals surface area contributed by atoms with Gasteiger partial charge in [-0.1, -0.05) is 12.1 Å². The number of carbonyl (C=O) groups is 2. The molecule has 0 fully saturated rings. The van der Waals surface area contributed by atoms with Crippen molar-refractivity contribution < 1.29 is 14.3 Å². The Bertz CT molecular complexity index is 795. The van der Waals surface area contributed by atoms with E-state index in [1.807, 2.05) is 53.6 Å². The second-order valence-electron chi connectivity index (χ2n) is 5.85. The number of rotatable bonds is 5. The highest BCUT2D eigenvalue weighted by Crippen LogP contribution is 2.33. The summed E-state index contributed by atoms with van der Waals surface area (Å²) in [6.07, 6.45) is 1.36. The van der Waals surface area contributed by atoms with Crippen LogP contribution in [0.15, 0.2) is 53.4 Å². The molecule has 7 heteroatoms. The topological polar surface area (TPSA) is 70.7 Å². The fourth-order valence-electron chi connectivity index (χ4n) is 2.80. The summed E-state index contributed by atoms with van der Waals surface area (Å²) in [5.74, 6) is 0.247. The van der Waals surface area contributed by atoms with E-state index in [4.69, 9.17) is 4.74 Å². The van der Waals surface area contributed by atoms with Crippen molar-refractivity contribution in [2.45, 2.75) is 11.0 Å². The molecule has 0 bridgehead atoms. The number of benzene rings is 2.